The molecule has 0 heterocycles. The van der Waals surface area contributed by atoms with Crippen molar-refractivity contribution in [2.45, 2.75) is 53.4 Å². The number of hydrogen-bond donors (Lipinski definition) is 1. The zero-order chi connectivity index (χ0) is 14.1. The third-order valence-corrected chi connectivity index (χ3v) is 3.64. The first-order valence-corrected chi connectivity index (χ1v) is 7.94. The highest BCUT2D eigenvalue weighted by molar-refractivity contribution is 5.22. The lowest BCUT2D eigenvalue weighted by molar-refractivity contribution is 0.421. The van der Waals surface area contributed by atoms with Crippen LogP contribution in [0.2, 0.25) is 0 Å². The molecule has 108 valence electrons. The first-order chi connectivity index (χ1) is 9.15. The lowest BCUT2D eigenvalue weighted by Crippen LogP contribution is -2.27. The summed E-state index contributed by atoms with van der Waals surface area (Å²) >= 11 is 0. The fourth-order valence-electron chi connectivity index (χ4n) is 2.51. The largest absolute Gasteiger partial charge is 0.316 e. The Morgan fingerprint density at radius 2 is 1.58 bits per heavy atom. The lowest BCUT2D eigenvalue weighted by Gasteiger charge is -2.18. The van der Waals surface area contributed by atoms with Crippen molar-refractivity contribution in [2.75, 3.05) is 13.1 Å². The van der Waals surface area contributed by atoms with Gasteiger partial charge in [0.1, 0.15) is 0 Å². The number of hydrogen-bond acceptors (Lipinski definition) is 1. The summed E-state index contributed by atoms with van der Waals surface area (Å²) in [6.45, 7) is 11.3. The third kappa shape index (κ3) is 6.77. The zero-order valence-corrected chi connectivity index (χ0v) is 13.2. The van der Waals surface area contributed by atoms with Crippen LogP contribution in [0.4, 0.5) is 0 Å². The van der Waals surface area contributed by atoms with Crippen molar-refractivity contribution in [1.82, 2.24) is 5.32 Å². The van der Waals surface area contributed by atoms with E-state index in [0.29, 0.717) is 0 Å². The molecule has 1 atom stereocenters. The van der Waals surface area contributed by atoms with Gasteiger partial charge in [0, 0.05) is 0 Å². The van der Waals surface area contributed by atoms with Crippen molar-refractivity contribution in [3.05, 3.63) is 35.4 Å². The van der Waals surface area contributed by atoms with Gasteiger partial charge in [-0.3, -0.25) is 0 Å². The molecule has 0 radical (unpaired) electrons. The maximum absolute atomic E-state index is 3.61. The molecule has 1 unspecified atom stereocenters. The third-order valence-electron chi connectivity index (χ3n) is 3.64. The Hall–Kier alpha value is -0.820. The fourth-order valence-corrected chi connectivity index (χ4v) is 2.51. The Balaban J connectivity index is 2.46. The van der Waals surface area contributed by atoms with Crippen LogP contribution in [-0.2, 0) is 12.8 Å². The number of aryl methyl sites for hydroxylation is 1. The van der Waals surface area contributed by atoms with E-state index in [0.717, 1.165) is 31.3 Å². The van der Waals surface area contributed by atoms with E-state index < -0.39 is 0 Å². The van der Waals surface area contributed by atoms with Gasteiger partial charge in [-0.15, -0.1) is 0 Å². The first kappa shape index (κ1) is 16.2. The maximum atomic E-state index is 3.61. The van der Waals surface area contributed by atoms with Crippen LogP contribution in [0.25, 0.3) is 0 Å². The minimum Gasteiger partial charge on any atom is -0.316 e. The summed E-state index contributed by atoms with van der Waals surface area (Å²) in [7, 11) is 0. The Morgan fingerprint density at radius 3 is 2.11 bits per heavy atom. The Bertz CT molecular complexity index is 326. The molecule has 0 fully saturated rings. The molecule has 1 nitrogen and oxygen atoms in total. The van der Waals surface area contributed by atoms with Crippen molar-refractivity contribution in [1.29, 1.82) is 0 Å². The number of rotatable bonds is 9. The van der Waals surface area contributed by atoms with Gasteiger partial charge < -0.3 is 5.32 Å². The van der Waals surface area contributed by atoms with E-state index in [-0.39, 0.29) is 0 Å². The minimum absolute atomic E-state index is 0.742. The van der Waals surface area contributed by atoms with E-state index in [9.17, 15) is 0 Å². The van der Waals surface area contributed by atoms with E-state index >= 15 is 0 Å². The van der Waals surface area contributed by atoms with Gasteiger partial charge in [-0.2, -0.15) is 0 Å². The van der Waals surface area contributed by atoms with Gasteiger partial charge >= 0.3 is 0 Å². The van der Waals surface area contributed by atoms with Crippen molar-refractivity contribution in [3.63, 3.8) is 0 Å². The fraction of sp³-hybridized carbons (Fsp3) is 0.667. The Labute approximate surface area is 119 Å². The SMILES string of the molecule is CCCC(CNCC(C)C)Cc1ccc(CC)cc1. The van der Waals surface area contributed by atoms with E-state index in [1.807, 2.05) is 0 Å². The van der Waals surface area contributed by atoms with Crippen LogP contribution >= 0.6 is 0 Å². The van der Waals surface area contributed by atoms with Crippen LogP contribution in [0.3, 0.4) is 0 Å². The zero-order valence-electron chi connectivity index (χ0n) is 13.2. The number of nitrogens with one attached hydrogen (secondary N) is 1. The summed E-state index contributed by atoms with van der Waals surface area (Å²) in [6.07, 6.45) is 4.94. The molecule has 0 aliphatic heterocycles. The number of benzene rings is 1. The quantitative estimate of drug-likeness (QED) is 0.692. The predicted octanol–water partition coefficient (Wildman–Crippen LogP) is 4.45. The second-order valence-corrected chi connectivity index (χ2v) is 6.08. The second kappa shape index (κ2) is 9.14. The van der Waals surface area contributed by atoms with Gasteiger partial charge in [0.2, 0.25) is 0 Å². The van der Waals surface area contributed by atoms with Crippen molar-refractivity contribution < 1.29 is 0 Å². The molecule has 0 saturated heterocycles. The highest BCUT2D eigenvalue weighted by atomic mass is 14.9. The molecule has 1 aromatic carbocycles. The summed E-state index contributed by atoms with van der Waals surface area (Å²) < 4.78 is 0. The van der Waals surface area contributed by atoms with Crippen molar-refractivity contribution in [3.8, 4) is 0 Å². The van der Waals surface area contributed by atoms with E-state index in [2.05, 4.69) is 57.3 Å². The maximum Gasteiger partial charge on any atom is -0.00172 e. The van der Waals surface area contributed by atoms with Crippen LogP contribution in [0.15, 0.2) is 24.3 Å². The van der Waals surface area contributed by atoms with Crippen molar-refractivity contribution in [2.24, 2.45) is 11.8 Å². The van der Waals surface area contributed by atoms with Crippen LogP contribution < -0.4 is 5.32 Å². The van der Waals surface area contributed by atoms with Crippen LogP contribution in [0.5, 0.6) is 0 Å². The molecule has 0 aliphatic carbocycles. The molecule has 0 aromatic heterocycles. The standard InChI is InChI=1S/C18H31N/c1-5-7-18(14-19-13-15(3)4)12-17-10-8-16(6-2)9-11-17/h8-11,15,18-19H,5-7,12-14H2,1-4H3. The highest BCUT2D eigenvalue weighted by Crippen LogP contribution is 2.15. The van der Waals surface area contributed by atoms with Gasteiger partial charge in [-0.05, 0) is 55.3 Å². The minimum atomic E-state index is 0.742. The van der Waals surface area contributed by atoms with Crippen LogP contribution in [0.1, 0.15) is 51.7 Å². The monoisotopic (exact) mass is 261 g/mol. The molecular formula is C18H31N. The summed E-state index contributed by atoms with van der Waals surface area (Å²) in [5.74, 6) is 1.52. The Morgan fingerprint density at radius 1 is 0.947 bits per heavy atom. The molecule has 19 heavy (non-hydrogen) atoms. The van der Waals surface area contributed by atoms with Gasteiger partial charge in [-0.25, -0.2) is 0 Å². The van der Waals surface area contributed by atoms with E-state index in [1.165, 1.54) is 30.4 Å². The summed E-state index contributed by atoms with van der Waals surface area (Å²) in [5, 5.41) is 3.61. The smallest absolute Gasteiger partial charge is 0.00172 e. The average molecular weight is 261 g/mol. The van der Waals surface area contributed by atoms with Crippen LogP contribution in [0, 0.1) is 11.8 Å². The molecule has 0 aliphatic rings. The topological polar surface area (TPSA) is 12.0 Å². The molecule has 1 heteroatoms. The summed E-state index contributed by atoms with van der Waals surface area (Å²) in [4.78, 5) is 0. The van der Waals surface area contributed by atoms with Crippen molar-refractivity contribution >= 4 is 0 Å². The van der Waals surface area contributed by atoms with E-state index in [1.54, 1.807) is 0 Å². The molecule has 0 spiro atoms. The average Bonchev–Trinajstić information content (AvgIpc) is 2.39. The summed E-state index contributed by atoms with van der Waals surface area (Å²) in [6, 6.07) is 9.17. The molecule has 1 rings (SSSR count). The first-order valence-electron chi connectivity index (χ1n) is 7.94. The normalized spacial score (nSPS) is 12.9. The highest BCUT2D eigenvalue weighted by Gasteiger charge is 2.09. The van der Waals surface area contributed by atoms with Gasteiger partial charge in [0.05, 0.1) is 0 Å². The molecule has 1 aromatic rings. The van der Waals surface area contributed by atoms with Gasteiger partial charge in [0.25, 0.3) is 0 Å². The second-order valence-electron chi connectivity index (χ2n) is 6.08. The predicted molar refractivity (Wildman–Crippen MR) is 85.6 cm³/mol. The van der Waals surface area contributed by atoms with Gasteiger partial charge in [0.15, 0.2) is 0 Å². The molecule has 0 bridgehead atoms. The van der Waals surface area contributed by atoms with Crippen LogP contribution in [-0.4, -0.2) is 13.1 Å². The molecule has 1 N–H and O–H groups in total. The summed E-state index contributed by atoms with van der Waals surface area (Å²) in [5.41, 5.74) is 2.93. The molecule has 0 saturated carbocycles. The van der Waals surface area contributed by atoms with E-state index in [4.69, 9.17) is 0 Å². The lowest BCUT2D eigenvalue weighted by atomic mass is 9.94. The molecular weight excluding hydrogens is 230 g/mol. The van der Waals surface area contributed by atoms with Gasteiger partial charge in [-0.1, -0.05) is 58.4 Å². The Kier molecular flexibility index (Phi) is 7.81. The molecule has 0 amide bonds.